The van der Waals surface area contributed by atoms with E-state index in [2.05, 4.69) is 114 Å². The molecule has 42 heavy (non-hydrogen) atoms. The summed E-state index contributed by atoms with van der Waals surface area (Å²) in [6.45, 7) is 0. The Balaban J connectivity index is 1.47. The van der Waals surface area contributed by atoms with E-state index < -0.39 is 0 Å². The summed E-state index contributed by atoms with van der Waals surface area (Å²) >= 11 is 0. The van der Waals surface area contributed by atoms with Crippen LogP contribution in [0.25, 0.3) is 82.1 Å². The van der Waals surface area contributed by atoms with E-state index in [0.717, 1.165) is 44.3 Å². The summed E-state index contributed by atoms with van der Waals surface area (Å²) in [5, 5.41) is 9.60. The van der Waals surface area contributed by atoms with Crippen LogP contribution in [0.15, 0.2) is 138 Å². The molecule has 2 heterocycles. The van der Waals surface area contributed by atoms with Crippen molar-refractivity contribution in [2.75, 3.05) is 7.11 Å². The molecule has 9 rings (SSSR count). The highest BCUT2D eigenvalue weighted by Crippen LogP contribution is 2.43. The van der Waals surface area contributed by atoms with Crippen LogP contribution in [0.2, 0.25) is 0 Å². The van der Waals surface area contributed by atoms with E-state index in [-0.39, 0.29) is 0 Å². The van der Waals surface area contributed by atoms with Gasteiger partial charge in [0.2, 0.25) is 0 Å². The Labute approximate surface area is 241 Å². The minimum absolute atomic E-state index is 0.847. The van der Waals surface area contributed by atoms with E-state index >= 15 is 0 Å². The van der Waals surface area contributed by atoms with Gasteiger partial charge in [0.05, 0.1) is 18.1 Å². The maximum atomic E-state index is 6.31. The molecule has 0 aliphatic heterocycles. The molecule has 0 fully saturated rings. The van der Waals surface area contributed by atoms with Crippen molar-refractivity contribution in [3.63, 3.8) is 0 Å². The van der Waals surface area contributed by atoms with Crippen LogP contribution in [0.3, 0.4) is 0 Å². The Morgan fingerprint density at radius 2 is 1.24 bits per heavy atom. The second-order valence-electron chi connectivity index (χ2n) is 10.9. The second kappa shape index (κ2) is 8.73. The van der Waals surface area contributed by atoms with Crippen LogP contribution in [-0.4, -0.2) is 11.7 Å². The van der Waals surface area contributed by atoms with Gasteiger partial charge in [0, 0.05) is 27.2 Å². The number of benzene rings is 7. The number of methoxy groups -OCH3 is 1. The van der Waals surface area contributed by atoms with E-state index in [0.29, 0.717) is 0 Å². The van der Waals surface area contributed by atoms with E-state index in [1.807, 2.05) is 24.3 Å². The Morgan fingerprint density at radius 1 is 0.500 bits per heavy atom. The fraction of sp³-hybridized carbons (Fsp3) is 0.0256. The fourth-order valence-electron chi connectivity index (χ4n) is 6.70. The van der Waals surface area contributed by atoms with Crippen molar-refractivity contribution < 1.29 is 9.15 Å². The number of nitrogens with zero attached hydrogens (tertiary/aromatic N) is 1. The number of hydrogen-bond acceptors (Lipinski definition) is 2. The van der Waals surface area contributed by atoms with Gasteiger partial charge in [-0.3, -0.25) is 0 Å². The molecule has 2 aromatic heterocycles. The molecule has 0 atom stereocenters. The summed E-state index contributed by atoms with van der Waals surface area (Å²) in [5.74, 6) is 0.847. The molecule has 0 spiro atoms. The molecular weight excluding hydrogens is 514 g/mol. The summed E-state index contributed by atoms with van der Waals surface area (Å²) in [5.41, 5.74) is 7.70. The van der Waals surface area contributed by atoms with Gasteiger partial charge in [-0.05, 0) is 99.4 Å². The predicted octanol–water partition coefficient (Wildman–Crippen LogP) is 10.7. The molecule has 0 radical (unpaired) electrons. The highest BCUT2D eigenvalue weighted by molar-refractivity contribution is 6.24. The standard InChI is InChI=1S/C39H25NO2/c1-41-27-17-15-24(16-18-27)30-19-25-20-39-35(29-12-6-8-14-38(29)42-39)21-31(25)32-22-34-28-11-5-7-13-36(28)40(37(34)23-33(30)32)26-9-3-2-4-10-26/h2-23H,1H3. The van der Waals surface area contributed by atoms with Crippen LogP contribution in [0.1, 0.15) is 0 Å². The molecule has 0 aliphatic carbocycles. The van der Waals surface area contributed by atoms with Gasteiger partial charge in [0.25, 0.3) is 0 Å². The lowest BCUT2D eigenvalue weighted by Gasteiger charge is -2.14. The smallest absolute Gasteiger partial charge is 0.136 e. The van der Waals surface area contributed by atoms with Crippen molar-refractivity contribution in [1.82, 2.24) is 4.57 Å². The summed E-state index contributed by atoms with van der Waals surface area (Å²) in [4.78, 5) is 0. The summed E-state index contributed by atoms with van der Waals surface area (Å²) in [7, 11) is 1.71. The van der Waals surface area contributed by atoms with Crippen molar-refractivity contribution in [2.24, 2.45) is 0 Å². The Morgan fingerprint density at radius 3 is 2.07 bits per heavy atom. The molecule has 0 bridgehead atoms. The molecule has 198 valence electrons. The molecule has 0 saturated heterocycles. The molecule has 0 aliphatic rings. The highest BCUT2D eigenvalue weighted by atomic mass is 16.5. The number of hydrogen-bond donors (Lipinski definition) is 0. The monoisotopic (exact) mass is 539 g/mol. The van der Waals surface area contributed by atoms with Gasteiger partial charge < -0.3 is 13.7 Å². The van der Waals surface area contributed by atoms with Crippen molar-refractivity contribution in [1.29, 1.82) is 0 Å². The molecule has 7 aromatic carbocycles. The molecule has 0 unspecified atom stereocenters. The van der Waals surface area contributed by atoms with Gasteiger partial charge in [-0.25, -0.2) is 0 Å². The van der Waals surface area contributed by atoms with Gasteiger partial charge >= 0.3 is 0 Å². The molecular formula is C39H25NO2. The lowest BCUT2D eigenvalue weighted by atomic mass is 9.91. The van der Waals surface area contributed by atoms with Crippen LogP contribution >= 0.6 is 0 Å². The SMILES string of the molecule is COc1ccc(-c2cc3cc4oc5ccccc5c4cc3c3cc4c5ccccc5n(-c5ccccc5)c4cc23)cc1. The third kappa shape index (κ3) is 3.28. The van der Waals surface area contributed by atoms with E-state index in [1.165, 1.54) is 43.5 Å². The van der Waals surface area contributed by atoms with E-state index in [9.17, 15) is 0 Å². The number of furan rings is 1. The lowest BCUT2D eigenvalue weighted by molar-refractivity contribution is 0.415. The maximum absolute atomic E-state index is 6.31. The minimum Gasteiger partial charge on any atom is -0.497 e. The van der Waals surface area contributed by atoms with Crippen LogP contribution in [0, 0.1) is 0 Å². The molecule has 3 nitrogen and oxygen atoms in total. The van der Waals surface area contributed by atoms with Crippen LogP contribution in [0.5, 0.6) is 5.75 Å². The molecule has 0 amide bonds. The first-order chi connectivity index (χ1) is 20.8. The second-order valence-corrected chi connectivity index (χ2v) is 10.9. The summed E-state index contributed by atoms with van der Waals surface area (Å²) in [6, 6.07) is 47.6. The topological polar surface area (TPSA) is 27.3 Å². The zero-order chi connectivity index (χ0) is 27.8. The number of ether oxygens (including phenoxy) is 1. The summed E-state index contributed by atoms with van der Waals surface area (Å²) < 4.78 is 14.2. The van der Waals surface area contributed by atoms with E-state index in [1.54, 1.807) is 7.11 Å². The molecule has 9 aromatic rings. The van der Waals surface area contributed by atoms with Crippen LogP contribution in [-0.2, 0) is 0 Å². The molecule has 0 N–H and O–H groups in total. The number of aromatic nitrogens is 1. The van der Waals surface area contributed by atoms with Gasteiger partial charge in [-0.2, -0.15) is 0 Å². The van der Waals surface area contributed by atoms with Crippen molar-refractivity contribution in [3.8, 4) is 22.6 Å². The number of rotatable bonds is 3. The van der Waals surface area contributed by atoms with Gasteiger partial charge in [0.15, 0.2) is 0 Å². The fourth-order valence-corrected chi connectivity index (χ4v) is 6.70. The minimum atomic E-state index is 0.847. The quantitative estimate of drug-likeness (QED) is 0.209. The largest absolute Gasteiger partial charge is 0.497 e. The average molecular weight is 540 g/mol. The van der Waals surface area contributed by atoms with Gasteiger partial charge in [0.1, 0.15) is 16.9 Å². The number of fused-ring (bicyclic) bond motifs is 9. The normalized spacial score (nSPS) is 11.9. The lowest BCUT2D eigenvalue weighted by Crippen LogP contribution is -1.93. The first-order valence-electron chi connectivity index (χ1n) is 14.2. The zero-order valence-electron chi connectivity index (χ0n) is 23.0. The third-order valence-corrected chi connectivity index (χ3v) is 8.66. The van der Waals surface area contributed by atoms with Gasteiger partial charge in [-0.15, -0.1) is 0 Å². The molecule has 0 saturated carbocycles. The van der Waals surface area contributed by atoms with Crippen LogP contribution in [0.4, 0.5) is 0 Å². The Kier molecular flexibility index (Phi) is 4.82. The Hall–Kier alpha value is -5.54. The predicted molar refractivity (Wildman–Crippen MR) is 175 cm³/mol. The van der Waals surface area contributed by atoms with Crippen LogP contribution < -0.4 is 4.74 Å². The third-order valence-electron chi connectivity index (χ3n) is 8.66. The van der Waals surface area contributed by atoms with Crippen molar-refractivity contribution >= 4 is 65.3 Å². The average Bonchev–Trinajstić information content (AvgIpc) is 3.57. The first kappa shape index (κ1) is 23.2. The van der Waals surface area contributed by atoms with Gasteiger partial charge in [-0.1, -0.05) is 66.7 Å². The Bertz CT molecular complexity index is 2480. The van der Waals surface area contributed by atoms with Crippen molar-refractivity contribution in [2.45, 2.75) is 0 Å². The maximum Gasteiger partial charge on any atom is 0.136 e. The van der Waals surface area contributed by atoms with E-state index in [4.69, 9.17) is 9.15 Å². The zero-order valence-corrected chi connectivity index (χ0v) is 23.0. The first-order valence-corrected chi connectivity index (χ1v) is 14.2. The van der Waals surface area contributed by atoms with Crippen molar-refractivity contribution in [3.05, 3.63) is 133 Å². The summed E-state index contributed by atoms with van der Waals surface area (Å²) in [6.07, 6.45) is 0. The molecule has 3 heteroatoms. The number of para-hydroxylation sites is 3. The highest BCUT2D eigenvalue weighted by Gasteiger charge is 2.18.